The van der Waals surface area contributed by atoms with Crippen molar-refractivity contribution in [3.8, 4) is 0 Å². The standard InChI is InChI=1S/C32H46F6N2O5/c1-4-6-8-9-10-11-12-13-15-20-27(42)40-25(19-14-7-5-2)29(43)39-22(3)26(41)21-45-30(44)28-23(31(33,34)35)17-16-18-24(28)32(36,37)38/h16-18,22,25H,4-15,19-21H2,1-3H3,(H,39,43)(H,40,42)/t22-,25-/m0/s1. The number of esters is 1. The van der Waals surface area contributed by atoms with Crippen LogP contribution in [0.15, 0.2) is 18.2 Å². The number of halogens is 6. The van der Waals surface area contributed by atoms with E-state index in [1.165, 1.54) is 32.6 Å². The Morgan fingerprint density at radius 3 is 1.73 bits per heavy atom. The van der Waals surface area contributed by atoms with Crippen LogP contribution >= 0.6 is 0 Å². The molecule has 7 nitrogen and oxygen atoms in total. The molecule has 13 heteroatoms. The summed E-state index contributed by atoms with van der Waals surface area (Å²) in [6.45, 7) is 4.17. The average Bonchev–Trinajstić information content (AvgIpc) is 2.97. The molecule has 2 atom stereocenters. The van der Waals surface area contributed by atoms with Gasteiger partial charge in [0.15, 0.2) is 12.4 Å². The molecule has 1 aromatic carbocycles. The van der Waals surface area contributed by atoms with Gasteiger partial charge in [0.25, 0.3) is 0 Å². The Labute approximate surface area is 261 Å². The molecule has 256 valence electrons. The molecule has 1 aromatic rings. The summed E-state index contributed by atoms with van der Waals surface area (Å²) in [5.41, 5.74) is -5.47. The van der Waals surface area contributed by atoms with Gasteiger partial charge in [-0.05, 0) is 31.9 Å². The molecule has 0 aliphatic carbocycles. The Balaban J connectivity index is 2.74. The lowest BCUT2D eigenvalue weighted by Crippen LogP contribution is -2.51. The second-order valence-corrected chi connectivity index (χ2v) is 11.2. The Morgan fingerprint density at radius 1 is 0.733 bits per heavy atom. The van der Waals surface area contributed by atoms with Gasteiger partial charge in [-0.2, -0.15) is 26.3 Å². The van der Waals surface area contributed by atoms with E-state index in [4.69, 9.17) is 0 Å². The summed E-state index contributed by atoms with van der Waals surface area (Å²) in [5, 5.41) is 5.09. The highest BCUT2D eigenvalue weighted by Gasteiger charge is 2.43. The third-order valence-corrected chi connectivity index (χ3v) is 7.32. The summed E-state index contributed by atoms with van der Waals surface area (Å²) in [6.07, 6.45) is 1.90. The Hall–Kier alpha value is -3.12. The highest BCUT2D eigenvalue weighted by atomic mass is 19.4. The summed E-state index contributed by atoms with van der Waals surface area (Å²) in [5.74, 6) is -3.95. The van der Waals surface area contributed by atoms with E-state index in [2.05, 4.69) is 22.3 Å². The topological polar surface area (TPSA) is 102 Å². The number of hydrogen-bond donors (Lipinski definition) is 2. The quantitative estimate of drug-likeness (QED) is 0.0798. The molecule has 0 bridgehead atoms. The van der Waals surface area contributed by atoms with Crippen LogP contribution in [0.2, 0.25) is 0 Å². The third kappa shape index (κ3) is 15.1. The number of carbonyl (C=O) groups is 4. The molecule has 0 saturated heterocycles. The maximum absolute atomic E-state index is 13.4. The maximum atomic E-state index is 13.4. The van der Waals surface area contributed by atoms with Gasteiger partial charge in [0, 0.05) is 6.42 Å². The minimum Gasteiger partial charge on any atom is -0.454 e. The maximum Gasteiger partial charge on any atom is 0.417 e. The lowest BCUT2D eigenvalue weighted by atomic mass is 10.00. The van der Waals surface area contributed by atoms with Gasteiger partial charge < -0.3 is 15.4 Å². The lowest BCUT2D eigenvalue weighted by molar-refractivity contribution is -0.144. The second kappa shape index (κ2) is 20.1. The van der Waals surface area contributed by atoms with Crippen molar-refractivity contribution in [1.29, 1.82) is 0 Å². The van der Waals surface area contributed by atoms with Crippen molar-refractivity contribution in [2.24, 2.45) is 0 Å². The van der Waals surface area contributed by atoms with Crippen molar-refractivity contribution in [3.05, 3.63) is 34.9 Å². The largest absolute Gasteiger partial charge is 0.454 e. The van der Waals surface area contributed by atoms with E-state index in [0.717, 1.165) is 38.5 Å². The zero-order valence-corrected chi connectivity index (χ0v) is 26.3. The highest BCUT2D eigenvalue weighted by Crippen LogP contribution is 2.39. The first-order chi connectivity index (χ1) is 21.1. The summed E-state index contributed by atoms with van der Waals surface area (Å²) in [6, 6.07) is -1.14. The smallest absolute Gasteiger partial charge is 0.417 e. The number of ether oxygens (including phenoxy) is 1. The molecule has 0 aliphatic heterocycles. The first kappa shape index (κ1) is 39.9. The molecule has 1 rings (SSSR count). The van der Waals surface area contributed by atoms with Gasteiger partial charge in [-0.25, -0.2) is 4.79 Å². The van der Waals surface area contributed by atoms with Crippen LogP contribution < -0.4 is 10.6 Å². The first-order valence-electron chi connectivity index (χ1n) is 15.7. The molecule has 2 N–H and O–H groups in total. The van der Waals surface area contributed by atoms with Crippen LogP contribution in [-0.2, 0) is 31.5 Å². The molecule has 2 amide bonds. The van der Waals surface area contributed by atoms with Gasteiger partial charge in [0.2, 0.25) is 11.8 Å². The van der Waals surface area contributed by atoms with E-state index in [-0.39, 0.29) is 12.3 Å². The molecule has 0 spiro atoms. The summed E-state index contributed by atoms with van der Waals surface area (Å²) >= 11 is 0. The summed E-state index contributed by atoms with van der Waals surface area (Å²) in [4.78, 5) is 50.4. The van der Waals surface area contributed by atoms with Gasteiger partial charge >= 0.3 is 18.3 Å². The van der Waals surface area contributed by atoms with Crippen molar-refractivity contribution < 1.29 is 50.3 Å². The van der Waals surface area contributed by atoms with E-state index < -0.39 is 65.4 Å². The minimum atomic E-state index is -5.30. The van der Waals surface area contributed by atoms with Crippen molar-refractivity contribution in [2.45, 2.75) is 135 Å². The second-order valence-electron chi connectivity index (χ2n) is 11.2. The van der Waals surface area contributed by atoms with E-state index in [0.29, 0.717) is 37.5 Å². The van der Waals surface area contributed by atoms with E-state index >= 15 is 0 Å². The van der Waals surface area contributed by atoms with Crippen LogP contribution in [0.4, 0.5) is 26.3 Å². The van der Waals surface area contributed by atoms with Crippen LogP contribution in [0.5, 0.6) is 0 Å². The van der Waals surface area contributed by atoms with Crippen LogP contribution in [0.3, 0.4) is 0 Å². The molecular weight excluding hydrogens is 606 g/mol. The third-order valence-electron chi connectivity index (χ3n) is 7.32. The average molecular weight is 653 g/mol. The Kier molecular flexibility index (Phi) is 17.8. The minimum absolute atomic E-state index is 0.233. The normalized spacial score (nSPS) is 13.2. The van der Waals surface area contributed by atoms with Gasteiger partial charge in [-0.1, -0.05) is 90.5 Å². The predicted molar refractivity (Wildman–Crippen MR) is 157 cm³/mol. The van der Waals surface area contributed by atoms with E-state index in [1.807, 2.05) is 6.92 Å². The predicted octanol–water partition coefficient (Wildman–Crippen LogP) is 7.94. The number of carbonyl (C=O) groups excluding carboxylic acids is 4. The van der Waals surface area contributed by atoms with Gasteiger partial charge in [-0.15, -0.1) is 0 Å². The van der Waals surface area contributed by atoms with Crippen LogP contribution in [0.1, 0.15) is 132 Å². The van der Waals surface area contributed by atoms with Gasteiger partial charge in [-0.3, -0.25) is 14.4 Å². The number of Topliss-reactive ketones (excluding diaryl/α,β-unsaturated/α-hetero) is 1. The van der Waals surface area contributed by atoms with Crippen molar-refractivity contribution in [2.75, 3.05) is 6.61 Å². The number of rotatable bonds is 21. The molecule has 0 radical (unpaired) electrons. The molecule has 0 heterocycles. The van der Waals surface area contributed by atoms with Crippen LogP contribution in [0, 0.1) is 0 Å². The monoisotopic (exact) mass is 652 g/mol. The molecule has 0 aromatic heterocycles. The Bertz CT molecular complexity index is 1060. The summed E-state index contributed by atoms with van der Waals surface area (Å²) < 4.78 is 84.8. The number of benzene rings is 1. The molecule has 0 aliphatic rings. The number of hydrogen-bond acceptors (Lipinski definition) is 5. The van der Waals surface area contributed by atoms with Crippen LogP contribution in [-0.4, -0.2) is 42.3 Å². The Morgan fingerprint density at radius 2 is 1.22 bits per heavy atom. The number of unbranched alkanes of at least 4 members (excludes halogenated alkanes) is 10. The van der Waals surface area contributed by atoms with Gasteiger partial charge in [0.1, 0.15) is 6.04 Å². The molecular formula is C32H46F6N2O5. The number of nitrogens with one attached hydrogen (secondary N) is 2. The molecule has 0 fully saturated rings. The van der Waals surface area contributed by atoms with Crippen molar-refractivity contribution in [3.63, 3.8) is 0 Å². The number of ketones is 1. The summed E-state index contributed by atoms with van der Waals surface area (Å²) in [7, 11) is 0. The highest BCUT2D eigenvalue weighted by molar-refractivity contribution is 5.97. The lowest BCUT2D eigenvalue weighted by Gasteiger charge is -2.21. The van der Waals surface area contributed by atoms with Crippen LogP contribution in [0.25, 0.3) is 0 Å². The zero-order chi connectivity index (χ0) is 34.0. The molecule has 0 saturated carbocycles. The fourth-order valence-electron chi connectivity index (χ4n) is 4.70. The molecule has 45 heavy (non-hydrogen) atoms. The van der Waals surface area contributed by atoms with E-state index in [9.17, 15) is 45.5 Å². The fraction of sp³-hybridized carbons (Fsp3) is 0.688. The van der Waals surface area contributed by atoms with Crippen molar-refractivity contribution in [1.82, 2.24) is 10.6 Å². The van der Waals surface area contributed by atoms with Gasteiger partial charge in [0.05, 0.1) is 22.7 Å². The van der Waals surface area contributed by atoms with E-state index in [1.54, 1.807) is 0 Å². The first-order valence-corrected chi connectivity index (χ1v) is 15.7. The fourth-order valence-corrected chi connectivity index (χ4v) is 4.70. The molecule has 0 unspecified atom stereocenters. The number of amides is 2. The van der Waals surface area contributed by atoms with Crippen molar-refractivity contribution >= 4 is 23.6 Å². The SMILES string of the molecule is CCCCCCCCCCCC(=O)N[C@@H](CCCCC)C(=O)N[C@@H](C)C(=O)COC(=O)c1c(C(F)(F)F)cccc1C(F)(F)F. The number of alkyl halides is 6. The zero-order valence-electron chi connectivity index (χ0n) is 26.3.